The van der Waals surface area contributed by atoms with Gasteiger partial charge in [0.1, 0.15) is 6.10 Å². The highest BCUT2D eigenvalue weighted by Gasteiger charge is 2.78. The molecule has 126 valence electrons. The van der Waals surface area contributed by atoms with Crippen LogP contribution in [0.2, 0.25) is 0 Å². The molecule has 25 heavy (non-hydrogen) atoms. The molecular weight excluding hydrogens is 336 g/mol. The molecular formula is C18H16N4O2S. The molecule has 0 saturated carbocycles. The summed E-state index contributed by atoms with van der Waals surface area (Å²) in [5.74, 6) is -2.26. The Labute approximate surface area is 150 Å². The van der Waals surface area contributed by atoms with Crippen LogP contribution in [0.15, 0.2) is 29.2 Å². The fourth-order valence-corrected chi connectivity index (χ4v) is 4.20. The minimum Gasteiger partial charge on any atom is -0.448 e. The summed E-state index contributed by atoms with van der Waals surface area (Å²) >= 11 is 1.57. The van der Waals surface area contributed by atoms with Crippen molar-refractivity contribution in [3.8, 4) is 18.2 Å². The minimum absolute atomic E-state index is 0.378. The highest BCUT2D eigenvalue weighted by Crippen LogP contribution is 2.66. The number of rotatable bonds is 2. The first-order valence-corrected chi connectivity index (χ1v) is 8.91. The molecule has 0 aromatic heterocycles. The predicted octanol–water partition coefficient (Wildman–Crippen LogP) is 3.38. The molecule has 6 nitrogen and oxygen atoms in total. The minimum atomic E-state index is -1.88. The second kappa shape index (κ2) is 5.49. The summed E-state index contributed by atoms with van der Waals surface area (Å²) in [6.07, 6.45) is 0.950. The van der Waals surface area contributed by atoms with Crippen molar-refractivity contribution < 1.29 is 9.47 Å². The van der Waals surface area contributed by atoms with E-state index in [0.29, 0.717) is 5.56 Å². The van der Waals surface area contributed by atoms with Crippen molar-refractivity contribution in [1.82, 2.24) is 0 Å². The van der Waals surface area contributed by atoms with Crippen molar-refractivity contribution in [1.29, 1.82) is 21.2 Å². The summed E-state index contributed by atoms with van der Waals surface area (Å²) < 4.78 is 11.6. The summed E-state index contributed by atoms with van der Waals surface area (Å²) in [4.78, 5) is 1.03. The summed E-state index contributed by atoms with van der Waals surface area (Å²) in [5, 5.41) is 38.1. The van der Waals surface area contributed by atoms with E-state index in [-0.39, 0.29) is 5.90 Å². The summed E-state index contributed by atoms with van der Waals surface area (Å²) in [5.41, 5.74) is -2.96. The number of nitriles is 3. The Hall–Kier alpha value is -2.53. The molecule has 2 fully saturated rings. The van der Waals surface area contributed by atoms with Crippen molar-refractivity contribution in [2.45, 2.75) is 30.6 Å². The SMILES string of the molecule is CSc1ccc(C2OC3(C)OC(=N)C(C#N)(C3C)C2(C#N)C#N)cc1. The van der Waals surface area contributed by atoms with Gasteiger partial charge < -0.3 is 9.47 Å². The smallest absolute Gasteiger partial charge is 0.214 e. The van der Waals surface area contributed by atoms with E-state index < -0.39 is 28.6 Å². The van der Waals surface area contributed by atoms with Crippen molar-refractivity contribution in [2.75, 3.05) is 6.26 Å². The molecule has 4 atom stereocenters. The van der Waals surface area contributed by atoms with E-state index in [1.54, 1.807) is 37.7 Å². The Bertz CT molecular complexity index is 849. The lowest BCUT2D eigenvalue weighted by molar-refractivity contribution is -0.268. The van der Waals surface area contributed by atoms with E-state index in [1.165, 1.54) is 0 Å². The molecule has 0 radical (unpaired) electrons. The van der Waals surface area contributed by atoms with Gasteiger partial charge in [0, 0.05) is 11.8 Å². The third-order valence-electron chi connectivity index (χ3n) is 5.41. The number of ether oxygens (including phenoxy) is 2. The van der Waals surface area contributed by atoms with Gasteiger partial charge in [-0.15, -0.1) is 11.8 Å². The van der Waals surface area contributed by atoms with Crippen LogP contribution in [0.3, 0.4) is 0 Å². The van der Waals surface area contributed by atoms with Gasteiger partial charge in [0.2, 0.25) is 17.1 Å². The lowest BCUT2D eigenvalue weighted by atomic mass is 9.54. The first-order valence-electron chi connectivity index (χ1n) is 7.68. The van der Waals surface area contributed by atoms with E-state index in [9.17, 15) is 15.8 Å². The lowest BCUT2D eigenvalue weighted by Gasteiger charge is -2.47. The third kappa shape index (κ3) is 1.90. The maximum Gasteiger partial charge on any atom is 0.214 e. The van der Waals surface area contributed by atoms with Gasteiger partial charge in [-0.3, -0.25) is 5.41 Å². The van der Waals surface area contributed by atoms with Crippen LogP contribution in [-0.4, -0.2) is 17.9 Å². The van der Waals surface area contributed by atoms with Gasteiger partial charge in [0.15, 0.2) is 5.41 Å². The maximum absolute atomic E-state index is 9.95. The Balaban J connectivity index is 2.26. The van der Waals surface area contributed by atoms with Crippen LogP contribution >= 0.6 is 11.8 Å². The van der Waals surface area contributed by atoms with E-state index in [0.717, 1.165) is 4.90 Å². The summed E-state index contributed by atoms with van der Waals surface area (Å²) in [6, 6.07) is 13.4. The zero-order valence-electron chi connectivity index (χ0n) is 14.0. The average molecular weight is 352 g/mol. The van der Waals surface area contributed by atoms with Gasteiger partial charge >= 0.3 is 0 Å². The molecule has 7 heteroatoms. The molecule has 1 aromatic carbocycles. The number of benzene rings is 1. The van der Waals surface area contributed by atoms with Gasteiger partial charge in [-0.05, 0) is 24.0 Å². The van der Waals surface area contributed by atoms with E-state index in [4.69, 9.17) is 14.9 Å². The largest absolute Gasteiger partial charge is 0.448 e. The first-order chi connectivity index (χ1) is 11.8. The van der Waals surface area contributed by atoms with Crippen LogP contribution in [-0.2, 0) is 9.47 Å². The van der Waals surface area contributed by atoms with Crippen LogP contribution in [0.1, 0.15) is 25.5 Å². The first kappa shape index (κ1) is 17.3. The molecule has 2 heterocycles. The number of nitrogens with zero attached hydrogens (tertiary/aromatic N) is 3. The third-order valence-corrected chi connectivity index (χ3v) is 6.16. The monoisotopic (exact) mass is 352 g/mol. The molecule has 1 aromatic rings. The number of nitrogens with one attached hydrogen (secondary N) is 1. The van der Waals surface area contributed by atoms with E-state index in [2.05, 4.69) is 6.07 Å². The van der Waals surface area contributed by atoms with Crippen LogP contribution < -0.4 is 0 Å². The van der Waals surface area contributed by atoms with Crippen LogP contribution in [0.4, 0.5) is 0 Å². The summed E-state index contributed by atoms with van der Waals surface area (Å²) in [6.45, 7) is 3.33. The molecule has 0 spiro atoms. The number of hydrogen-bond donors (Lipinski definition) is 1. The molecule has 2 aliphatic heterocycles. The normalized spacial score (nSPS) is 35.1. The van der Waals surface area contributed by atoms with Crippen molar-refractivity contribution in [3.63, 3.8) is 0 Å². The van der Waals surface area contributed by atoms with Crippen LogP contribution in [0, 0.1) is 56.2 Å². The van der Waals surface area contributed by atoms with Crippen molar-refractivity contribution in [3.05, 3.63) is 29.8 Å². The number of hydrogen-bond acceptors (Lipinski definition) is 7. The van der Waals surface area contributed by atoms with Gasteiger partial charge in [-0.25, -0.2) is 0 Å². The second-order valence-electron chi connectivity index (χ2n) is 6.39. The molecule has 2 aliphatic rings. The van der Waals surface area contributed by atoms with E-state index >= 15 is 0 Å². The zero-order chi connectivity index (χ0) is 18.5. The van der Waals surface area contributed by atoms with Crippen molar-refractivity contribution in [2.24, 2.45) is 16.7 Å². The Morgan fingerprint density at radius 1 is 1.12 bits per heavy atom. The van der Waals surface area contributed by atoms with Crippen LogP contribution in [0.25, 0.3) is 0 Å². The number of fused-ring (bicyclic) bond motifs is 2. The quantitative estimate of drug-likeness (QED) is 0.816. The average Bonchev–Trinajstić information content (AvgIpc) is 2.77. The Morgan fingerprint density at radius 3 is 2.20 bits per heavy atom. The molecule has 2 saturated heterocycles. The fourth-order valence-electron chi connectivity index (χ4n) is 3.79. The highest BCUT2D eigenvalue weighted by molar-refractivity contribution is 7.98. The predicted molar refractivity (Wildman–Crippen MR) is 90.1 cm³/mol. The maximum atomic E-state index is 9.95. The standard InChI is InChI=1S/C18H16N4O2S/c1-11-16(2)23-14(12-4-6-13(25-3)7-5-12)17(8-19,9-20)18(11,10-21)15(22)24-16/h4-7,11,14,22H,1-3H3. The van der Waals surface area contributed by atoms with Crippen molar-refractivity contribution >= 4 is 17.7 Å². The topological polar surface area (TPSA) is 114 Å². The molecule has 0 aliphatic carbocycles. The summed E-state index contributed by atoms with van der Waals surface area (Å²) in [7, 11) is 0. The molecule has 4 unspecified atom stereocenters. The van der Waals surface area contributed by atoms with Gasteiger partial charge in [-0.1, -0.05) is 19.1 Å². The molecule has 1 N–H and O–H groups in total. The fraction of sp³-hybridized carbons (Fsp3) is 0.444. The van der Waals surface area contributed by atoms with Gasteiger partial charge in [0.25, 0.3) is 0 Å². The molecule has 0 amide bonds. The van der Waals surface area contributed by atoms with Gasteiger partial charge in [-0.2, -0.15) is 15.8 Å². The zero-order valence-corrected chi connectivity index (χ0v) is 14.8. The highest BCUT2D eigenvalue weighted by atomic mass is 32.2. The van der Waals surface area contributed by atoms with Gasteiger partial charge in [0.05, 0.1) is 24.1 Å². The molecule has 2 bridgehead atoms. The Morgan fingerprint density at radius 2 is 1.72 bits per heavy atom. The van der Waals surface area contributed by atoms with E-state index in [1.807, 2.05) is 30.5 Å². The lowest BCUT2D eigenvalue weighted by Crippen LogP contribution is -2.57. The number of thioether (sulfide) groups is 1. The molecule has 3 rings (SSSR count). The van der Waals surface area contributed by atoms with Crippen LogP contribution in [0.5, 0.6) is 0 Å². The second-order valence-corrected chi connectivity index (χ2v) is 7.27. The Kier molecular flexibility index (Phi) is 3.80.